The standard InChI is InChI=1S/C18H28F3N5O/c1-22-17(23-10-5-11-26(4)13-18(19,20)21)24-12-14-6-8-15(9-7-14)16(27)25(2)3/h6-9H,5,10-13H2,1-4H3,(H2,22,23,24). The lowest BCUT2D eigenvalue weighted by Gasteiger charge is -2.19. The summed E-state index contributed by atoms with van der Waals surface area (Å²) in [5.41, 5.74) is 1.60. The Kier molecular flexibility index (Phi) is 9.07. The van der Waals surface area contributed by atoms with Crippen LogP contribution in [0.25, 0.3) is 0 Å². The smallest absolute Gasteiger partial charge is 0.356 e. The molecule has 0 saturated heterocycles. The Morgan fingerprint density at radius 1 is 1.11 bits per heavy atom. The minimum Gasteiger partial charge on any atom is -0.356 e. The first-order chi connectivity index (χ1) is 12.6. The minimum atomic E-state index is -4.17. The van der Waals surface area contributed by atoms with Crippen molar-refractivity contribution in [3.63, 3.8) is 0 Å². The fourth-order valence-corrected chi connectivity index (χ4v) is 2.37. The van der Waals surface area contributed by atoms with E-state index in [4.69, 9.17) is 0 Å². The van der Waals surface area contributed by atoms with Crippen LogP contribution in [-0.4, -0.2) is 75.7 Å². The first-order valence-electron chi connectivity index (χ1n) is 8.63. The molecule has 6 nitrogen and oxygen atoms in total. The van der Waals surface area contributed by atoms with Crippen molar-refractivity contribution in [2.24, 2.45) is 4.99 Å². The van der Waals surface area contributed by atoms with Gasteiger partial charge in [-0.1, -0.05) is 12.1 Å². The van der Waals surface area contributed by atoms with Crippen molar-refractivity contribution in [3.05, 3.63) is 35.4 Å². The number of hydrogen-bond donors (Lipinski definition) is 2. The van der Waals surface area contributed by atoms with Crippen LogP contribution >= 0.6 is 0 Å². The molecule has 0 aliphatic carbocycles. The Hall–Kier alpha value is -2.29. The Morgan fingerprint density at radius 3 is 2.26 bits per heavy atom. The maximum atomic E-state index is 12.3. The first-order valence-corrected chi connectivity index (χ1v) is 8.63. The second-order valence-corrected chi connectivity index (χ2v) is 6.46. The van der Waals surface area contributed by atoms with Crippen LogP contribution in [0.1, 0.15) is 22.3 Å². The van der Waals surface area contributed by atoms with E-state index in [9.17, 15) is 18.0 Å². The van der Waals surface area contributed by atoms with E-state index in [1.54, 1.807) is 33.3 Å². The van der Waals surface area contributed by atoms with Crippen molar-refractivity contribution in [1.82, 2.24) is 20.4 Å². The van der Waals surface area contributed by atoms with Gasteiger partial charge in [-0.15, -0.1) is 0 Å². The SMILES string of the molecule is CN=C(NCCCN(C)CC(F)(F)F)NCc1ccc(C(=O)N(C)C)cc1. The summed E-state index contributed by atoms with van der Waals surface area (Å²) in [7, 11) is 6.48. The van der Waals surface area contributed by atoms with Crippen LogP contribution in [0.3, 0.4) is 0 Å². The molecule has 1 rings (SSSR count). The molecule has 9 heteroatoms. The molecule has 0 atom stereocenters. The highest BCUT2D eigenvalue weighted by Gasteiger charge is 2.28. The molecular formula is C18H28F3N5O. The number of aliphatic imine (C=N–C) groups is 1. The van der Waals surface area contributed by atoms with E-state index in [-0.39, 0.29) is 5.91 Å². The molecule has 0 saturated carbocycles. The Bertz CT molecular complexity index is 614. The predicted molar refractivity (Wildman–Crippen MR) is 101 cm³/mol. The second-order valence-electron chi connectivity index (χ2n) is 6.46. The zero-order chi connectivity index (χ0) is 20.4. The number of alkyl halides is 3. The van der Waals surface area contributed by atoms with Gasteiger partial charge >= 0.3 is 6.18 Å². The summed E-state index contributed by atoms with van der Waals surface area (Å²) >= 11 is 0. The molecule has 152 valence electrons. The molecule has 27 heavy (non-hydrogen) atoms. The third kappa shape index (κ3) is 9.28. The summed E-state index contributed by atoms with van der Waals surface area (Å²) in [6.45, 7) is 0.458. The molecule has 2 N–H and O–H groups in total. The molecule has 0 radical (unpaired) electrons. The maximum Gasteiger partial charge on any atom is 0.401 e. The van der Waals surface area contributed by atoms with Crippen LogP contribution in [0.4, 0.5) is 13.2 Å². The van der Waals surface area contributed by atoms with E-state index in [1.165, 1.54) is 16.8 Å². The number of guanidine groups is 1. The van der Waals surface area contributed by atoms with Crippen LogP contribution in [0.2, 0.25) is 0 Å². The second kappa shape index (κ2) is 10.8. The fourth-order valence-electron chi connectivity index (χ4n) is 2.37. The van der Waals surface area contributed by atoms with Crippen molar-refractivity contribution >= 4 is 11.9 Å². The van der Waals surface area contributed by atoms with Gasteiger partial charge in [0.1, 0.15) is 0 Å². The predicted octanol–water partition coefficient (Wildman–Crippen LogP) is 1.94. The molecule has 0 aromatic heterocycles. The van der Waals surface area contributed by atoms with E-state index in [0.717, 1.165) is 5.56 Å². The summed E-state index contributed by atoms with van der Waals surface area (Å²) in [5.74, 6) is 0.518. The Labute approximate surface area is 158 Å². The van der Waals surface area contributed by atoms with Crippen molar-refractivity contribution < 1.29 is 18.0 Å². The molecule has 1 amide bonds. The lowest BCUT2D eigenvalue weighted by Crippen LogP contribution is -2.39. The fraction of sp³-hybridized carbons (Fsp3) is 0.556. The molecule has 0 heterocycles. The Balaban J connectivity index is 2.35. The first kappa shape index (κ1) is 22.8. The summed E-state index contributed by atoms with van der Waals surface area (Å²) in [6, 6.07) is 7.27. The van der Waals surface area contributed by atoms with Gasteiger partial charge in [-0.05, 0) is 37.7 Å². The van der Waals surface area contributed by atoms with Crippen LogP contribution in [-0.2, 0) is 6.54 Å². The topological polar surface area (TPSA) is 60.0 Å². The van der Waals surface area contributed by atoms with Crippen LogP contribution in [0.15, 0.2) is 29.3 Å². The lowest BCUT2D eigenvalue weighted by molar-refractivity contribution is -0.143. The number of nitrogens with one attached hydrogen (secondary N) is 2. The van der Waals surface area contributed by atoms with Gasteiger partial charge in [0.15, 0.2) is 5.96 Å². The van der Waals surface area contributed by atoms with Crippen molar-refractivity contribution in [1.29, 1.82) is 0 Å². The zero-order valence-electron chi connectivity index (χ0n) is 16.2. The number of halogens is 3. The average molecular weight is 387 g/mol. The van der Waals surface area contributed by atoms with Crippen molar-refractivity contribution in [2.45, 2.75) is 19.1 Å². The van der Waals surface area contributed by atoms with Crippen LogP contribution in [0, 0.1) is 0 Å². The van der Waals surface area contributed by atoms with E-state index in [0.29, 0.717) is 37.6 Å². The maximum absolute atomic E-state index is 12.3. The monoisotopic (exact) mass is 387 g/mol. The summed E-state index contributed by atoms with van der Waals surface area (Å²) in [4.78, 5) is 18.7. The van der Waals surface area contributed by atoms with Gasteiger partial charge in [-0.2, -0.15) is 13.2 Å². The van der Waals surface area contributed by atoms with Gasteiger partial charge in [0.25, 0.3) is 5.91 Å². The van der Waals surface area contributed by atoms with Gasteiger partial charge in [-0.3, -0.25) is 14.7 Å². The summed E-state index contributed by atoms with van der Waals surface area (Å²) in [5, 5.41) is 6.21. The van der Waals surface area contributed by atoms with E-state index >= 15 is 0 Å². The van der Waals surface area contributed by atoms with E-state index in [2.05, 4.69) is 15.6 Å². The Morgan fingerprint density at radius 2 is 1.74 bits per heavy atom. The minimum absolute atomic E-state index is 0.0533. The highest BCUT2D eigenvalue weighted by Crippen LogP contribution is 2.15. The molecule has 0 fully saturated rings. The van der Waals surface area contributed by atoms with Crippen LogP contribution in [0.5, 0.6) is 0 Å². The van der Waals surface area contributed by atoms with Gasteiger partial charge in [0, 0.05) is 39.8 Å². The average Bonchev–Trinajstić information content (AvgIpc) is 2.59. The zero-order valence-corrected chi connectivity index (χ0v) is 16.2. The largest absolute Gasteiger partial charge is 0.401 e. The molecule has 0 aliphatic heterocycles. The number of benzene rings is 1. The number of hydrogen-bond acceptors (Lipinski definition) is 3. The molecule has 0 spiro atoms. The summed E-state index contributed by atoms with van der Waals surface area (Å²) in [6.07, 6.45) is -3.61. The van der Waals surface area contributed by atoms with E-state index in [1.807, 2.05) is 12.1 Å². The number of carbonyl (C=O) groups is 1. The number of rotatable bonds is 8. The molecule has 0 aliphatic rings. The molecule has 0 unspecified atom stereocenters. The van der Waals surface area contributed by atoms with Gasteiger partial charge in [0.05, 0.1) is 6.54 Å². The molecular weight excluding hydrogens is 359 g/mol. The molecule has 0 bridgehead atoms. The third-order valence-corrected chi connectivity index (χ3v) is 3.75. The quantitative estimate of drug-likeness (QED) is 0.407. The third-order valence-electron chi connectivity index (χ3n) is 3.75. The van der Waals surface area contributed by atoms with Crippen molar-refractivity contribution in [2.75, 3.05) is 47.8 Å². The highest BCUT2D eigenvalue weighted by molar-refractivity contribution is 5.93. The lowest BCUT2D eigenvalue weighted by atomic mass is 10.1. The normalized spacial score (nSPS) is 12.2. The van der Waals surface area contributed by atoms with Gasteiger partial charge in [0.2, 0.25) is 0 Å². The highest BCUT2D eigenvalue weighted by atomic mass is 19.4. The van der Waals surface area contributed by atoms with E-state index < -0.39 is 12.7 Å². The number of nitrogens with zero attached hydrogens (tertiary/aromatic N) is 3. The van der Waals surface area contributed by atoms with Crippen LogP contribution < -0.4 is 10.6 Å². The van der Waals surface area contributed by atoms with Gasteiger partial charge in [-0.25, -0.2) is 0 Å². The van der Waals surface area contributed by atoms with Crippen molar-refractivity contribution in [3.8, 4) is 0 Å². The number of carbonyl (C=O) groups excluding carboxylic acids is 1. The molecule has 1 aromatic rings. The molecule has 1 aromatic carbocycles. The van der Waals surface area contributed by atoms with Gasteiger partial charge < -0.3 is 15.5 Å². The summed E-state index contributed by atoms with van der Waals surface area (Å²) < 4.78 is 36.8. The number of amides is 1.